The largest absolute Gasteiger partial charge is 0.444 e. The van der Waals surface area contributed by atoms with Crippen LogP contribution in [0.5, 0.6) is 0 Å². The fourth-order valence-electron chi connectivity index (χ4n) is 1.84. The maximum Gasteiger partial charge on any atom is 0.412 e. The van der Waals surface area contributed by atoms with Gasteiger partial charge in [-0.3, -0.25) is 10.1 Å². The lowest BCUT2D eigenvalue weighted by atomic mass is 10.1. The summed E-state index contributed by atoms with van der Waals surface area (Å²) >= 11 is 1.24. The topological polar surface area (TPSA) is 93.2 Å². The summed E-state index contributed by atoms with van der Waals surface area (Å²) in [6, 6.07) is 6.33. The van der Waals surface area contributed by atoms with Crippen LogP contribution in [0.25, 0.3) is 0 Å². The summed E-state index contributed by atoms with van der Waals surface area (Å²) in [5, 5.41) is 11.2. The Morgan fingerprint density at radius 3 is 2.42 bits per heavy atom. The summed E-state index contributed by atoms with van der Waals surface area (Å²) in [5.74, 6) is -0.223. The van der Waals surface area contributed by atoms with Gasteiger partial charge in [0.05, 0.1) is 11.7 Å². The van der Waals surface area contributed by atoms with Gasteiger partial charge >= 0.3 is 6.09 Å². The zero-order chi connectivity index (χ0) is 17.7. The minimum absolute atomic E-state index is 0.223. The first kappa shape index (κ1) is 17.9. The fourth-order valence-corrected chi connectivity index (χ4v) is 2.39. The number of ether oxygens (including phenoxy) is 1. The lowest BCUT2D eigenvalue weighted by Crippen LogP contribution is -2.27. The van der Waals surface area contributed by atoms with Gasteiger partial charge in [-0.25, -0.2) is 4.79 Å². The van der Waals surface area contributed by atoms with E-state index in [4.69, 9.17) is 4.74 Å². The Labute approximate surface area is 144 Å². The van der Waals surface area contributed by atoms with Crippen molar-refractivity contribution in [2.75, 3.05) is 5.32 Å². The van der Waals surface area contributed by atoms with Crippen LogP contribution in [0.15, 0.2) is 29.6 Å². The molecule has 2 aromatic rings. The standard InChI is InChI=1S/C16H20N4O3S/c1-10(13-9-24-20-19-13)17-14(21)11-5-7-12(8-6-11)18-15(22)23-16(2,3)4/h5-10H,1-4H3,(H,17,21)(H,18,22)/t10-/m0/s1. The molecule has 128 valence electrons. The van der Waals surface area contributed by atoms with Gasteiger partial charge in [0.1, 0.15) is 5.60 Å². The Morgan fingerprint density at radius 1 is 1.21 bits per heavy atom. The fraction of sp³-hybridized carbons (Fsp3) is 0.375. The number of nitrogens with zero attached hydrogens (tertiary/aromatic N) is 2. The highest BCUT2D eigenvalue weighted by Crippen LogP contribution is 2.15. The summed E-state index contributed by atoms with van der Waals surface area (Å²) in [4.78, 5) is 23.9. The number of rotatable bonds is 4. The molecule has 2 amide bonds. The van der Waals surface area contributed by atoms with Gasteiger partial charge in [0, 0.05) is 16.6 Å². The van der Waals surface area contributed by atoms with E-state index in [-0.39, 0.29) is 11.9 Å². The molecule has 0 aliphatic rings. The molecule has 1 atom stereocenters. The molecule has 0 unspecified atom stereocenters. The molecule has 7 nitrogen and oxygen atoms in total. The van der Waals surface area contributed by atoms with Gasteiger partial charge in [0.15, 0.2) is 0 Å². The van der Waals surface area contributed by atoms with Gasteiger partial charge in [-0.1, -0.05) is 4.49 Å². The molecule has 0 aliphatic carbocycles. The van der Waals surface area contributed by atoms with Crippen molar-refractivity contribution < 1.29 is 14.3 Å². The van der Waals surface area contributed by atoms with E-state index in [9.17, 15) is 9.59 Å². The number of hydrogen-bond acceptors (Lipinski definition) is 6. The number of anilines is 1. The van der Waals surface area contributed by atoms with E-state index >= 15 is 0 Å². The number of carbonyl (C=O) groups is 2. The molecular formula is C16H20N4O3S. The third kappa shape index (κ3) is 5.31. The normalized spacial score (nSPS) is 12.3. The second kappa shape index (κ2) is 7.39. The zero-order valence-electron chi connectivity index (χ0n) is 14.0. The molecule has 2 rings (SSSR count). The van der Waals surface area contributed by atoms with Crippen LogP contribution >= 0.6 is 11.5 Å². The Kier molecular flexibility index (Phi) is 5.50. The van der Waals surface area contributed by atoms with Crippen molar-refractivity contribution in [3.05, 3.63) is 40.9 Å². The molecule has 8 heteroatoms. The average molecular weight is 348 g/mol. The lowest BCUT2D eigenvalue weighted by Gasteiger charge is -2.19. The van der Waals surface area contributed by atoms with Gasteiger partial charge in [0.25, 0.3) is 5.91 Å². The molecule has 24 heavy (non-hydrogen) atoms. The molecule has 2 N–H and O–H groups in total. The van der Waals surface area contributed by atoms with Crippen molar-refractivity contribution in [2.45, 2.75) is 39.3 Å². The highest BCUT2D eigenvalue weighted by Gasteiger charge is 2.17. The van der Waals surface area contributed by atoms with Gasteiger partial charge in [-0.2, -0.15) is 0 Å². The Bertz CT molecular complexity index is 693. The third-order valence-corrected chi connectivity index (χ3v) is 3.48. The molecule has 1 heterocycles. The van der Waals surface area contributed by atoms with Crippen LogP contribution in [0.1, 0.15) is 49.8 Å². The Balaban J connectivity index is 1.93. The molecule has 0 saturated carbocycles. The summed E-state index contributed by atoms with van der Waals surface area (Å²) < 4.78 is 8.95. The monoisotopic (exact) mass is 348 g/mol. The van der Waals surface area contributed by atoms with Crippen LogP contribution in [-0.4, -0.2) is 27.2 Å². The number of hydrogen-bond donors (Lipinski definition) is 2. The van der Waals surface area contributed by atoms with E-state index in [2.05, 4.69) is 20.2 Å². The van der Waals surface area contributed by atoms with E-state index < -0.39 is 11.7 Å². The summed E-state index contributed by atoms with van der Waals surface area (Å²) in [6.07, 6.45) is -0.538. The van der Waals surface area contributed by atoms with Gasteiger partial charge < -0.3 is 10.1 Å². The van der Waals surface area contributed by atoms with Gasteiger partial charge in [-0.15, -0.1) is 5.10 Å². The zero-order valence-corrected chi connectivity index (χ0v) is 14.8. The van der Waals surface area contributed by atoms with Crippen molar-refractivity contribution in [1.29, 1.82) is 0 Å². The highest BCUT2D eigenvalue weighted by molar-refractivity contribution is 7.03. The molecular weight excluding hydrogens is 328 g/mol. The van der Waals surface area contributed by atoms with Gasteiger partial charge in [-0.05, 0) is 63.5 Å². The van der Waals surface area contributed by atoms with Crippen LogP contribution in [0, 0.1) is 0 Å². The van der Waals surface area contributed by atoms with Gasteiger partial charge in [0.2, 0.25) is 0 Å². The third-order valence-electron chi connectivity index (χ3n) is 2.96. The van der Waals surface area contributed by atoms with E-state index in [1.54, 1.807) is 50.4 Å². The molecule has 1 aromatic heterocycles. The number of benzene rings is 1. The second-order valence-electron chi connectivity index (χ2n) is 6.23. The lowest BCUT2D eigenvalue weighted by molar-refractivity contribution is 0.0635. The second-order valence-corrected chi connectivity index (χ2v) is 6.84. The minimum Gasteiger partial charge on any atom is -0.444 e. The van der Waals surface area contributed by atoms with Crippen LogP contribution < -0.4 is 10.6 Å². The number of nitrogens with one attached hydrogen (secondary N) is 2. The molecule has 0 bridgehead atoms. The number of carbonyl (C=O) groups excluding carboxylic acids is 2. The molecule has 0 saturated heterocycles. The number of aromatic nitrogens is 2. The van der Waals surface area contributed by atoms with E-state index in [0.717, 1.165) is 5.69 Å². The Hall–Kier alpha value is -2.48. The van der Waals surface area contributed by atoms with E-state index in [1.807, 2.05) is 6.92 Å². The predicted molar refractivity (Wildman–Crippen MR) is 92.1 cm³/mol. The molecule has 0 fully saturated rings. The quantitative estimate of drug-likeness (QED) is 0.883. The van der Waals surface area contributed by atoms with Crippen LogP contribution in [0.2, 0.25) is 0 Å². The van der Waals surface area contributed by atoms with E-state index in [0.29, 0.717) is 11.3 Å². The smallest absolute Gasteiger partial charge is 0.412 e. The maximum atomic E-state index is 12.2. The molecule has 0 aliphatic heterocycles. The summed E-state index contributed by atoms with van der Waals surface area (Å²) in [6.45, 7) is 7.21. The van der Waals surface area contributed by atoms with Crippen molar-refractivity contribution >= 4 is 29.2 Å². The van der Waals surface area contributed by atoms with Crippen LogP contribution in [0.3, 0.4) is 0 Å². The first-order valence-corrected chi connectivity index (χ1v) is 8.26. The maximum absolute atomic E-state index is 12.2. The van der Waals surface area contributed by atoms with Crippen molar-refractivity contribution in [3.8, 4) is 0 Å². The first-order chi connectivity index (χ1) is 11.2. The highest BCUT2D eigenvalue weighted by atomic mass is 32.1. The predicted octanol–water partition coefficient (Wildman–Crippen LogP) is 3.38. The Morgan fingerprint density at radius 2 is 1.88 bits per heavy atom. The van der Waals surface area contributed by atoms with Crippen molar-refractivity contribution in [1.82, 2.24) is 14.9 Å². The van der Waals surface area contributed by atoms with Crippen LogP contribution in [0.4, 0.5) is 10.5 Å². The van der Waals surface area contributed by atoms with E-state index in [1.165, 1.54) is 11.5 Å². The number of amides is 2. The summed E-state index contributed by atoms with van der Waals surface area (Å²) in [7, 11) is 0. The average Bonchev–Trinajstić information content (AvgIpc) is 3.00. The SMILES string of the molecule is C[C@H](NC(=O)c1ccc(NC(=O)OC(C)(C)C)cc1)c1csnn1. The molecule has 0 spiro atoms. The van der Waals surface area contributed by atoms with Crippen LogP contribution in [-0.2, 0) is 4.74 Å². The minimum atomic E-state index is -0.565. The van der Waals surface area contributed by atoms with Crippen molar-refractivity contribution in [2.24, 2.45) is 0 Å². The summed E-state index contributed by atoms with van der Waals surface area (Å²) in [5.41, 5.74) is 1.19. The first-order valence-electron chi connectivity index (χ1n) is 7.42. The van der Waals surface area contributed by atoms with Crippen molar-refractivity contribution in [3.63, 3.8) is 0 Å². The molecule has 1 aromatic carbocycles. The molecule has 0 radical (unpaired) electrons.